The predicted molar refractivity (Wildman–Crippen MR) is 103 cm³/mol. The predicted octanol–water partition coefficient (Wildman–Crippen LogP) is 4.93. The Balaban J connectivity index is 2.04. The number of aryl methyl sites for hydroxylation is 2. The van der Waals surface area contributed by atoms with Gasteiger partial charge in [-0.15, -0.1) is 0 Å². The molecule has 0 spiro atoms. The van der Waals surface area contributed by atoms with Crippen LogP contribution < -0.4 is 10.9 Å². The molecule has 0 radical (unpaired) electrons. The number of para-hydroxylation sites is 1. The zero-order chi connectivity index (χ0) is 18.0. The minimum atomic E-state index is -0.639. The van der Waals surface area contributed by atoms with Crippen LogP contribution in [0.4, 0.5) is 5.69 Å². The van der Waals surface area contributed by atoms with Crippen molar-refractivity contribution >= 4 is 38.5 Å². The quantitative estimate of drug-likeness (QED) is 0.632. The van der Waals surface area contributed by atoms with Crippen LogP contribution in [0.1, 0.15) is 35.3 Å². The van der Waals surface area contributed by atoms with Crippen LogP contribution in [0.2, 0.25) is 0 Å². The molecule has 0 bridgehead atoms. The van der Waals surface area contributed by atoms with Crippen molar-refractivity contribution in [3.63, 3.8) is 0 Å². The lowest BCUT2D eigenvalue weighted by Gasteiger charge is -2.14. The molecule has 4 nitrogen and oxygen atoms in total. The first-order valence-electron chi connectivity index (χ1n) is 8.19. The highest BCUT2D eigenvalue weighted by atomic mass is 79.9. The third-order valence-corrected chi connectivity index (χ3v) is 4.67. The van der Waals surface area contributed by atoms with E-state index in [0.717, 1.165) is 34.1 Å². The summed E-state index contributed by atoms with van der Waals surface area (Å²) in [6.45, 7) is 4.07. The van der Waals surface area contributed by atoms with Gasteiger partial charge in [0.2, 0.25) is 0 Å². The second kappa shape index (κ2) is 7.23. The molecule has 3 rings (SSSR count). The average Bonchev–Trinajstić information content (AvgIpc) is 2.61. The number of amides is 1. The van der Waals surface area contributed by atoms with Crippen molar-refractivity contribution in [2.45, 2.75) is 26.7 Å². The van der Waals surface area contributed by atoms with E-state index in [2.05, 4.69) is 21.2 Å². The second-order valence-corrected chi connectivity index (χ2v) is 6.66. The summed E-state index contributed by atoms with van der Waals surface area (Å²) in [6.07, 6.45) is 1.59. The SMILES string of the molecule is CCc1cccc(CC)c1NC(=O)c1cc2cc(Br)ccc2oc1=O. The normalized spacial score (nSPS) is 10.8. The summed E-state index contributed by atoms with van der Waals surface area (Å²) in [7, 11) is 0. The molecule has 0 saturated heterocycles. The van der Waals surface area contributed by atoms with Gasteiger partial charge in [-0.05, 0) is 48.2 Å². The fraction of sp³-hybridized carbons (Fsp3) is 0.200. The molecule has 3 aromatic rings. The number of hydrogen-bond acceptors (Lipinski definition) is 3. The van der Waals surface area contributed by atoms with Gasteiger partial charge in [0, 0.05) is 15.5 Å². The molecular formula is C20H18BrNO3. The highest BCUT2D eigenvalue weighted by Crippen LogP contribution is 2.24. The molecule has 128 valence electrons. The van der Waals surface area contributed by atoms with Gasteiger partial charge in [-0.25, -0.2) is 4.79 Å². The summed E-state index contributed by atoms with van der Waals surface area (Å²) in [5.74, 6) is -0.453. The number of benzene rings is 2. The third-order valence-electron chi connectivity index (χ3n) is 4.18. The van der Waals surface area contributed by atoms with Gasteiger partial charge in [-0.2, -0.15) is 0 Å². The van der Waals surface area contributed by atoms with Crippen molar-refractivity contribution in [3.05, 3.63) is 74.0 Å². The molecule has 0 saturated carbocycles. The molecule has 1 amide bonds. The number of nitrogens with one attached hydrogen (secondary N) is 1. The standard InChI is InChI=1S/C20H18BrNO3/c1-3-12-6-5-7-13(4-2)18(12)22-19(23)16-11-14-10-15(21)8-9-17(14)25-20(16)24/h5-11H,3-4H2,1-2H3,(H,22,23). The molecule has 0 aliphatic rings. The summed E-state index contributed by atoms with van der Waals surface area (Å²) in [6, 6.07) is 12.8. The lowest BCUT2D eigenvalue weighted by Crippen LogP contribution is -2.22. The van der Waals surface area contributed by atoms with Gasteiger partial charge in [0.15, 0.2) is 0 Å². The van der Waals surface area contributed by atoms with Crippen LogP contribution >= 0.6 is 15.9 Å². The topological polar surface area (TPSA) is 59.3 Å². The third kappa shape index (κ3) is 3.51. The minimum absolute atomic E-state index is 0.00133. The smallest absolute Gasteiger partial charge is 0.349 e. The Kier molecular flexibility index (Phi) is 5.04. The van der Waals surface area contributed by atoms with E-state index >= 15 is 0 Å². The van der Waals surface area contributed by atoms with Crippen LogP contribution in [0, 0.1) is 0 Å². The number of carbonyl (C=O) groups excluding carboxylic acids is 1. The second-order valence-electron chi connectivity index (χ2n) is 5.74. The lowest BCUT2D eigenvalue weighted by molar-refractivity contribution is 0.102. The van der Waals surface area contributed by atoms with Gasteiger partial charge < -0.3 is 9.73 Å². The summed E-state index contributed by atoms with van der Waals surface area (Å²) >= 11 is 3.38. The maximum absolute atomic E-state index is 12.7. The molecule has 2 aromatic carbocycles. The molecule has 0 atom stereocenters. The van der Waals surface area contributed by atoms with Crippen molar-refractivity contribution in [3.8, 4) is 0 Å². The number of anilines is 1. The zero-order valence-corrected chi connectivity index (χ0v) is 15.6. The maximum Gasteiger partial charge on any atom is 0.349 e. The van der Waals surface area contributed by atoms with Crippen molar-refractivity contribution in [1.82, 2.24) is 0 Å². The largest absolute Gasteiger partial charge is 0.422 e. The Morgan fingerprint density at radius 1 is 1.08 bits per heavy atom. The van der Waals surface area contributed by atoms with E-state index in [1.54, 1.807) is 18.2 Å². The van der Waals surface area contributed by atoms with Gasteiger partial charge in [-0.1, -0.05) is 48.0 Å². The van der Waals surface area contributed by atoms with Crippen molar-refractivity contribution in [2.24, 2.45) is 0 Å². The first kappa shape index (κ1) is 17.4. The number of hydrogen-bond donors (Lipinski definition) is 1. The van der Waals surface area contributed by atoms with Crippen LogP contribution in [-0.4, -0.2) is 5.91 Å². The maximum atomic E-state index is 12.7. The molecule has 1 N–H and O–H groups in total. The Morgan fingerprint density at radius 3 is 2.40 bits per heavy atom. The minimum Gasteiger partial charge on any atom is -0.422 e. The molecule has 0 fully saturated rings. The van der Waals surface area contributed by atoms with E-state index in [1.807, 2.05) is 38.1 Å². The van der Waals surface area contributed by atoms with Gasteiger partial charge in [0.25, 0.3) is 5.91 Å². The van der Waals surface area contributed by atoms with Crippen LogP contribution in [0.3, 0.4) is 0 Å². The molecule has 0 aliphatic heterocycles. The number of fused-ring (bicyclic) bond motifs is 1. The average molecular weight is 400 g/mol. The van der Waals surface area contributed by atoms with E-state index in [-0.39, 0.29) is 5.56 Å². The van der Waals surface area contributed by atoms with E-state index in [9.17, 15) is 9.59 Å². The molecule has 0 aliphatic carbocycles. The summed E-state index contributed by atoms with van der Waals surface area (Å²) < 4.78 is 6.13. The molecule has 1 heterocycles. The Morgan fingerprint density at radius 2 is 1.76 bits per heavy atom. The van der Waals surface area contributed by atoms with E-state index in [4.69, 9.17) is 4.42 Å². The Hall–Kier alpha value is -2.40. The van der Waals surface area contributed by atoms with Crippen LogP contribution in [0.15, 0.2) is 56.1 Å². The summed E-state index contributed by atoms with van der Waals surface area (Å²) in [4.78, 5) is 24.9. The fourth-order valence-electron chi connectivity index (χ4n) is 2.84. The van der Waals surface area contributed by atoms with Crippen molar-refractivity contribution < 1.29 is 9.21 Å². The first-order valence-corrected chi connectivity index (χ1v) is 8.98. The van der Waals surface area contributed by atoms with Crippen molar-refractivity contribution in [1.29, 1.82) is 0 Å². The molecule has 5 heteroatoms. The van der Waals surface area contributed by atoms with Crippen molar-refractivity contribution in [2.75, 3.05) is 5.32 Å². The fourth-order valence-corrected chi connectivity index (χ4v) is 3.22. The highest BCUT2D eigenvalue weighted by molar-refractivity contribution is 9.10. The van der Waals surface area contributed by atoms with Crippen LogP contribution in [-0.2, 0) is 12.8 Å². The van der Waals surface area contributed by atoms with Gasteiger partial charge in [-0.3, -0.25) is 4.79 Å². The van der Waals surface area contributed by atoms with Crippen LogP contribution in [0.5, 0.6) is 0 Å². The van der Waals surface area contributed by atoms with Gasteiger partial charge in [0.05, 0.1) is 0 Å². The number of rotatable bonds is 4. The Labute approximate surface area is 154 Å². The van der Waals surface area contributed by atoms with E-state index in [0.29, 0.717) is 11.0 Å². The number of halogens is 1. The summed E-state index contributed by atoms with van der Waals surface area (Å²) in [5, 5.41) is 3.60. The molecule has 1 aromatic heterocycles. The van der Waals surface area contributed by atoms with E-state index < -0.39 is 11.5 Å². The first-order chi connectivity index (χ1) is 12.0. The number of carbonyl (C=O) groups is 1. The Bertz CT molecular complexity index is 985. The molecular weight excluding hydrogens is 382 g/mol. The molecule has 0 unspecified atom stereocenters. The lowest BCUT2D eigenvalue weighted by atomic mass is 10.0. The molecule has 25 heavy (non-hydrogen) atoms. The van der Waals surface area contributed by atoms with Gasteiger partial charge >= 0.3 is 5.63 Å². The van der Waals surface area contributed by atoms with E-state index in [1.165, 1.54) is 0 Å². The van der Waals surface area contributed by atoms with Crippen LogP contribution in [0.25, 0.3) is 11.0 Å². The van der Waals surface area contributed by atoms with Gasteiger partial charge in [0.1, 0.15) is 11.1 Å². The highest BCUT2D eigenvalue weighted by Gasteiger charge is 2.17. The monoisotopic (exact) mass is 399 g/mol. The zero-order valence-electron chi connectivity index (χ0n) is 14.1. The summed E-state index contributed by atoms with van der Waals surface area (Å²) in [5.41, 5.74) is 2.68.